The molecule has 1 saturated heterocycles. The zero-order valence-corrected chi connectivity index (χ0v) is 11.3. The van der Waals surface area contributed by atoms with Crippen molar-refractivity contribution in [2.75, 3.05) is 33.3 Å². The first kappa shape index (κ1) is 14.9. The number of nitriles is 1. The van der Waals surface area contributed by atoms with Gasteiger partial charge in [0.15, 0.2) is 0 Å². The van der Waals surface area contributed by atoms with Crippen molar-refractivity contribution in [3.8, 4) is 6.07 Å². The van der Waals surface area contributed by atoms with Crippen LogP contribution in [0.5, 0.6) is 0 Å². The molecule has 0 aromatic heterocycles. The molecular formula is C14H17F2N3O. The zero-order valence-electron chi connectivity index (χ0n) is 11.3. The molecule has 0 spiro atoms. The Hall–Kier alpha value is -1.55. The highest BCUT2D eigenvalue weighted by Gasteiger charge is 2.18. The minimum absolute atomic E-state index is 0.0130. The number of rotatable bonds is 4. The first-order valence-corrected chi connectivity index (χ1v) is 6.49. The van der Waals surface area contributed by atoms with Crippen LogP contribution < -0.4 is 5.32 Å². The van der Waals surface area contributed by atoms with Crippen LogP contribution in [0.2, 0.25) is 0 Å². The predicted octanol–water partition coefficient (Wildman–Crippen LogP) is 1.26. The van der Waals surface area contributed by atoms with Crippen LogP contribution in [0.15, 0.2) is 12.1 Å². The molecule has 1 atom stereocenters. The van der Waals surface area contributed by atoms with E-state index in [9.17, 15) is 8.78 Å². The van der Waals surface area contributed by atoms with Gasteiger partial charge in [-0.05, 0) is 19.2 Å². The minimum Gasteiger partial charge on any atom is -0.374 e. The molecule has 1 N–H and O–H groups in total. The first-order valence-electron chi connectivity index (χ1n) is 6.49. The van der Waals surface area contributed by atoms with Gasteiger partial charge in [0.05, 0.1) is 24.3 Å². The summed E-state index contributed by atoms with van der Waals surface area (Å²) in [6.45, 7) is 2.97. The molecule has 108 valence electrons. The lowest BCUT2D eigenvalue weighted by Gasteiger charge is -2.30. The number of likely N-dealkylation sites (N-methyl/N-ethyl adjacent to an activating group) is 1. The zero-order chi connectivity index (χ0) is 14.5. The van der Waals surface area contributed by atoms with Crippen LogP contribution in [0, 0.1) is 23.0 Å². The highest BCUT2D eigenvalue weighted by atomic mass is 19.1. The smallest absolute Gasteiger partial charge is 0.131 e. The first-order chi connectivity index (χ1) is 9.60. The lowest BCUT2D eigenvalue weighted by Crippen LogP contribution is -2.44. The molecule has 1 aliphatic heterocycles. The van der Waals surface area contributed by atoms with Crippen molar-refractivity contribution in [1.82, 2.24) is 10.2 Å². The van der Waals surface area contributed by atoms with Crippen LogP contribution in [-0.2, 0) is 11.3 Å². The SMILES string of the molecule is CN1CCOC(CNCc2c(F)cc(C#N)cc2F)C1. The van der Waals surface area contributed by atoms with E-state index in [2.05, 4.69) is 10.2 Å². The average Bonchev–Trinajstić information content (AvgIpc) is 2.41. The second kappa shape index (κ2) is 6.75. The van der Waals surface area contributed by atoms with Gasteiger partial charge in [0.2, 0.25) is 0 Å². The number of benzene rings is 1. The van der Waals surface area contributed by atoms with Crippen molar-refractivity contribution in [2.45, 2.75) is 12.6 Å². The summed E-state index contributed by atoms with van der Waals surface area (Å²) >= 11 is 0. The lowest BCUT2D eigenvalue weighted by atomic mass is 10.1. The summed E-state index contributed by atoms with van der Waals surface area (Å²) in [5.41, 5.74) is -0.0610. The van der Waals surface area contributed by atoms with E-state index in [-0.39, 0.29) is 23.8 Å². The maximum Gasteiger partial charge on any atom is 0.131 e. The Morgan fingerprint density at radius 1 is 1.45 bits per heavy atom. The van der Waals surface area contributed by atoms with Crippen LogP contribution in [-0.4, -0.2) is 44.3 Å². The Bertz CT molecular complexity index is 493. The van der Waals surface area contributed by atoms with Gasteiger partial charge in [-0.1, -0.05) is 0 Å². The Morgan fingerprint density at radius 2 is 2.15 bits per heavy atom. The molecule has 0 bridgehead atoms. The van der Waals surface area contributed by atoms with Crippen LogP contribution in [0.3, 0.4) is 0 Å². The predicted molar refractivity (Wildman–Crippen MR) is 70.0 cm³/mol. The maximum absolute atomic E-state index is 13.7. The van der Waals surface area contributed by atoms with Gasteiger partial charge >= 0.3 is 0 Å². The van der Waals surface area contributed by atoms with E-state index in [0.29, 0.717) is 13.2 Å². The molecule has 0 amide bonds. The summed E-state index contributed by atoms with van der Waals surface area (Å²) in [6.07, 6.45) is 0.0262. The highest BCUT2D eigenvalue weighted by molar-refractivity contribution is 5.34. The molecule has 0 aliphatic carbocycles. The molecule has 1 unspecified atom stereocenters. The van der Waals surface area contributed by atoms with Gasteiger partial charge in [-0.15, -0.1) is 0 Å². The average molecular weight is 281 g/mol. The topological polar surface area (TPSA) is 48.3 Å². The number of halogens is 2. The fraction of sp³-hybridized carbons (Fsp3) is 0.500. The summed E-state index contributed by atoms with van der Waals surface area (Å²) < 4.78 is 32.9. The third-order valence-corrected chi connectivity index (χ3v) is 3.29. The number of morpholine rings is 1. The van der Waals surface area contributed by atoms with E-state index in [1.165, 1.54) is 0 Å². The second-order valence-corrected chi connectivity index (χ2v) is 4.92. The second-order valence-electron chi connectivity index (χ2n) is 4.92. The summed E-state index contributed by atoms with van der Waals surface area (Å²) in [6, 6.07) is 3.82. The van der Waals surface area contributed by atoms with Crippen LogP contribution in [0.1, 0.15) is 11.1 Å². The van der Waals surface area contributed by atoms with Crippen LogP contribution >= 0.6 is 0 Å². The molecule has 1 aliphatic rings. The van der Waals surface area contributed by atoms with E-state index >= 15 is 0 Å². The minimum atomic E-state index is -0.698. The molecule has 1 aromatic rings. The normalized spacial score (nSPS) is 19.8. The largest absolute Gasteiger partial charge is 0.374 e. The maximum atomic E-state index is 13.7. The Kier molecular flexibility index (Phi) is 5.01. The van der Waals surface area contributed by atoms with Gasteiger partial charge in [0.25, 0.3) is 0 Å². The Labute approximate surface area is 116 Å². The number of ether oxygens (including phenoxy) is 1. The van der Waals surface area contributed by atoms with Gasteiger partial charge in [0.1, 0.15) is 11.6 Å². The van der Waals surface area contributed by atoms with Crippen molar-refractivity contribution < 1.29 is 13.5 Å². The molecule has 2 rings (SSSR count). The standard InChI is InChI=1S/C14H17F2N3O/c1-19-2-3-20-11(9-19)7-18-8-12-13(15)4-10(6-17)5-14(12)16/h4-5,11,18H,2-3,7-9H2,1H3. The quantitative estimate of drug-likeness (QED) is 0.902. The Balaban J connectivity index is 1.90. The molecule has 0 radical (unpaired) electrons. The molecule has 1 aromatic carbocycles. The summed E-state index contributed by atoms with van der Waals surface area (Å²) in [5, 5.41) is 11.6. The number of hydrogen-bond donors (Lipinski definition) is 1. The number of nitrogens with one attached hydrogen (secondary N) is 1. The van der Waals surface area contributed by atoms with Gasteiger partial charge in [-0.3, -0.25) is 0 Å². The van der Waals surface area contributed by atoms with Crippen molar-refractivity contribution in [3.63, 3.8) is 0 Å². The van der Waals surface area contributed by atoms with Gasteiger partial charge < -0.3 is 15.0 Å². The van der Waals surface area contributed by atoms with Crippen LogP contribution in [0.4, 0.5) is 8.78 Å². The van der Waals surface area contributed by atoms with Crippen molar-refractivity contribution in [1.29, 1.82) is 5.26 Å². The van der Waals surface area contributed by atoms with E-state index in [1.807, 2.05) is 7.05 Å². The Morgan fingerprint density at radius 3 is 2.75 bits per heavy atom. The van der Waals surface area contributed by atoms with Crippen molar-refractivity contribution in [3.05, 3.63) is 34.9 Å². The molecule has 1 heterocycles. The molecular weight excluding hydrogens is 264 g/mol. The molecule has 0 saturated carbocycles. The lowest BCUT2D eigenvalue weighted by molar-refractivity contribution is -0.0182. The summed E-state index contributed by atoms with van der Waals surface area (Å²) in [4.78, 5) is 2.15. The molecule has 20 heavy (non-hydrogen) atoms. The van der Waals surface area contributed by atoms with E-state index in [1.54, 1.807) is 6.07 Å². The van der Waals surface area contributed by atoms with Crippen LogP contribution in [0.25, 0.3) is 0 Å². The van der Waals surface area contributed by atoms with E-state index in [0.717, 1.165) is 25.2 Å². The van der Waals surface area contributed by atoms with Crippen molar-refractivity contribution >= 4 is 0 Å². The molecule has 1 fully saturated rings. The van der Waals surface area contributed by atoms with Gasteiger partial charge in [-0.25, -0.2) is 8.78 Å². The summed E-state index contributed by atoms with van der Waals surface area (Å²) in [5.74, 6) is -1.40. The molecule has 4 nitrogen and oxygen atoms in total. The fourth-order valence-corrected chi connectivity index (χ4v) is 2.18. The fourth-order valence-electron chi connectivity index (χ4n) is 2.18. The monoisotopic (exact) mass is 281 g/mol. The highest BCUT2D eigenvalue weighted by Crippen LogP contribution is 2.15. The van der Waals surface area contributed by atoms with E-state index < -0.39 is 11.6 Å². The molecule has 6 heteroatoms. The third-order valence-electron chi connectivity index (χ3n) is 3.29. The summed E-state index contributed by atoms with van der Waals surface area (Å²) in [7, 11) is 2.01. The number of hydrogen-bond acceptors (Lipinski definition) is 4. The van der Waals surface area contributed by atoms with Gasteiger partial charge in [0, 0.05) is 31.7 Å². The number of nitrogens with zero attached hydrogens (tertiary/aromatic N) is 2. The third kappa shape index (κ3) is 3.73. The van der Waals surface area contributed by atoms with Crippen molar-refractivity contribution in [2.24, 2.45) is 0 Å². The van der Waals surface area contributed by atoms with E-state index in [4.69, 9.17) is 10.00 Å². The van der Waals surface area contributed by atoms with Gasteiger partial charge in [-0.2, -0.15) is 5.26 Å².